The molecule has 0 aromatic rings. The molecular formula is C10H22O7. The summed E-state index contributed by atoms with van der Waals surface area (Å²) in [5.74, 6) is 0. The summed E-state index contributed by atoms with van der Waals surface area (Å²) in [5.41, 5.74) is -2.23. The number of hydrogen-bond acceptors (Lipinski definition) is 7. The fraction of sp³-hybridized carbons (Fsp3) is 1.00. The highest BCUT2D eigenvalue weighted by molar-refractivity contribution is 4.97. The van der Waals surface area contributed by atoms with E-state index < -0.39 is 42.2 Å². The first-order valence-corrected chi connectivity index (χ1v) is 5.34. The van der Waals surface area contributed by atoms with Crippen molar-refractivity contribution in [1.82, 2.24) is 0 Å². The zero-order valence-corrected chi connectivity index (χ0v) is 10.1. The monoisotopic (exact) mass is 254 g/mol. The lowest BCUT2D eigenvalue weighted by molar-refractivity contribution is -0.208. The van der Waals surface area contributed by atoms with E-state index >= 15 is 0 Å². The van der Waals surface area contributed by atoms with Crippen LogP contribution in [0.5, 0.6) is 0 Å². The summed E-state index contributed by atoms with van der Waals surface area (Å²) >= 11 is 0. The minimum atomic E-state index is -2.23. The Labute approximate surface area is 99.6 Å². The van der Waals surface area contributed by atoms with Gasteiger partial charge in [-0.25, -0.2) is 0 Å². The Kier molecular flexibility index (Phi) is 5.95. The molecule has 0 aromatic heterocycles. The van der Waals surface area contributed by atoms with Crippen LogP contribution in [0.4, 0.5) is 0 Å². The number of rotatable bonds is 6. The molecule has 0 aliphatic heterocycles. The van der Waals surface area contributed by atoms with Crippen molar-refractivity contribution >= 4 is 0 Å². The summed E-state index contributed by atoms with van der Waals surface area (Å²) < 4.78 is 0. The van der Waals surface area contributed by atoms with Gasteiger partial charge < -0.3 is 35.7 Å². The highest BCUT2D eigenvalue weighted by atomic mass is 16.4. The quantitative estimate of drug-likeness (QED) is 0.267. The summed E-state index contributed by atoms with van der Waals surface area (Å²) in [6.07, 6.45) is -9.85. The molecule has 0 saturated heterocycles. The lowest BCUT2D eigenvalue weighted by Gasteiger charge is -2.38. The highest BCUT2D eigenvalue weighted by Gasteiger charge is 2.46. The van der Waals surface area contributed by atoms with Crippen molar-refractivity contribution in [3.8, 4) is 0 Å². The van der Waals surface area contributed by atoms with E-state index in [1.165, 1.54) is 13.8 Å². The van der Waals surface area contributed by atoms with Crippen LogP contribution < -0.4 is 0 Å². The van der Waals surface area contributed by atoms with Gasteiger partial charge in [0.25, 0.3) is 0 Å². The fourth-order valence-corrected chi connectivity index (χ4v) is 1.48. The molecule has 0 rings (SSSR count). The Bertz CT molecular complexity index is 229. The van der Waals surface area contributed by atoms with Gasteiger partial charge in [-0.1, -0.05) is 0 Å². The molecule has 17 heavy (non-hydrogen) atoms. The molecule has 0 aliphatic rings. The van der Waals surface area contributed by atoms with Crippen molar-refractivity contribution in [2.24, 2.45) is 0 Å². The predicted molar refractivity (Wildman–Crippen MR) is 58.0 cm³/mol. The third-order valence-electron chi connectivity index (χ3n) is 2.82. The van der Waals surface area contributed by atoms with Crippen LogP contribution in [0, 0.1) is 0 Å². The topological polar surface area (TPSA) is 142 Å². The molecule has 7 N–H and O–H groups in total. The Morgan fingerprint density at radius 2 is 1.12 bits per heavy atom. The molecule has 0 fully saturated rings. The lowest BCUT2D eigenvalue weighted by atomic mass is 9.84. The van der Waals surface area contributed by atoms with E-state index in [0.29, 0.717) is 0 Å². The zero-order valence-electron chi connectivity index (χ0n) is 10.1. The smallest absolute Gasteiger partial charge is 0.119 e. The van der Waals surface area contributed by atoms with Gasteiger partial charge in [0.15, 0.2) is 0 Å². The second-order valence-electron chi connectivity index (χ2n) is 4.58. The molecule has 7 atom stereocenters. The van der Waals surface area contributed by atoms with Crippen LogP contribution in [0.2, 0.25) is 0 Å². The second kappa shape index (κ2) is 6.05. The van der Waals surface area contributed by atoms with Crippen molar-refractivity contribution in [1.29, 1.82) is 0 Å². The van der Waals surface area contributed by atoms with Crippen molar-refractivity contribution < 1.29 is 35.7 Å². The van der Waals surface area contributed by atoms with E-state index in [1.54, 1.807) is 0 Å². The van der Waals surface area contributed by atoms with Crippen LogP contribution in [-0.4, -0.2) is 78.0 Å². The van der Waals surface area contributed by atoms with Crippen molar-refractivity contribution in [3.63, 3.8) is 0 Å². The van der Waals surface area contributed by atoms with E-state index in [0.717, 1.165) is 6.92 Å². The normalized spacial score (nSPS) is 26.5. The summed E-state index contributed by atoms with van der Waals surface area (Å²) in [6.45, 7) is 3.40. The minimum absolute atomic E-state index is 1.01. The number of aliphatic hydroxyl groups excluding tert-OH is 6. The molecule has 0 saturated carbocycles. The SMILES string of the molecule is CC(O)C(O)C(O)C(O)C(C)(O)C(O)[C@@H](C)O. The molecule has 0 bridgehead atoms. The van der Waals surface area contributed by atoms with Crippen LogP contribution in [0.1, 0.15) is 20.8 Å². The van der Waals surface area contributed by atoms with Crippen molar-refractivity contribution in [3.05, 3.63) is 0 Å². The van der Waals surface area contributed by atoms with Gasteiger partial charge in [0.1, 0.15) is 30.0 Å². The molecule has 0 amide bonds. The van der Waals surface area contributed by atoms with Gasteiger partial charge >= 0.3 is 0 Å². The maximum absolute atomic E-state index is 9.81. The maximum atomic E-state index is 9.81. The molecule has 0 aromatic carbocycles. The van der Waals surface area contributed by atoms with E-state index in [-0.39, 0.29) is 0 Å². The Hall–Kier alpha value is -0.280. The van der Waals surface area contributed by atoms with Crippen molar-refractivity contribution in [2.75, 3.05) is 0 Å². The van der Waals surface area contributed by atoms with Crippen LogP contribution in [0.3, 0.4) is 0 Å². The molecule has 7 nitrogen and oxygen atoms in total. The molecule has 0 spiro atoms. The third kappa shape index (κ3) is 3.85. The minimum Gasteiger partial charge on any atom is -0.391 e. The third-order valence-corrected chi connectivity index (χ3v) is 2.82. The number of aliphatic hydroxyl groups is 7. The van der Waals surface area contributed by atoms with E-state index in [9.17, 15) is 25.5 Å². The first-order valence-electron chi connectivity index (χ1n) is 5.34. The average Bonchev–Trinajstić information content (AvgIpc) is 2.24. The zero-order chi connectivity index (χ0) is 14.0. The van der Waals surface area contributed by atoms with Crippen LogP contribution in [0.25, 0.3) is 0 Å². The molecule has 7 heteroatoms. The molecular weight excluding hydrogens is 232 g/mol. The summed E-state index contributed by atoms with van der Waals surface area (Å²) in [6, 6.07) is 0. The molecule has 0 heterocycles. The predicted octanol–water partition coefficient (Wildman–Crippen LogP) is -3.06. The van der Waals surface area contributed by atoms with Gasteiger partial charge in [-0.3, -0.25) is 0 Å². The Morgan fingerprint density at radius 1 is 0.706 bits per heavy atom. The fourth-order valence-electron chi connectivity index (χ4n) is 1.48. The van der Waals surface area contributed by atoms with E-state index in [1.807, 2.05) is 0 Å². The van der Waals surface area contributed by atoms with E-state index in [4.69, 9.17) is 10.2 Å². The largest absolute Gasteiger partial charge is 0.391 e. The molecule has 6 unspecified atom stereocenters. The second-order valence-corrected chi connectivity index (χ2v) is 4.58. The number of hydrogen-bond donors (Lipinski definition) is 7. The van der Waals surface area contributed by atoms with Gasteiger partial charge in [0.2, 0.25) is 0 Å². The van der Waals surface area contributed by atoms with Crippen LogP contribution in [-0.2, 0) is 0 Å². The lowest BCUT2D eigenvalue weighted by Crippen LogP contribution is -2.61. The maximum Gasteiger partial charge on any atom is 0.119 e. The summed E-state index contributed by atoms with van der Waals surface area (Å²) in [5, 5.41) is 65.9. The summed E-state index contributed by atoms with van der Waals surface area (Å²) in [7, 11) is 0. The molecule has 0 radical (unpaired) electrons. The standard InChI is InChI=1S/C10H22O7/c1-4(11)6(13)7(14)9(16)10(3,17)8(15)5(2)12/h4-9,11-17H,1-3H3/t4?,5-,6?,7?,8?,9?,10?/m1/s1. The Morgan fingerprint density at radius 3 is 1.41 bits per heavy atom. The van der Waals surface area contributed by atoms with Gasteiger partial charge in [-0.2, -0.15) is 0 Å². The van der Waals surface area contributed by atoms with Gasteiger partial charge in [-0.05, 0) is 20.8 Å². The van der Waals surface area contributed by atoms with E-state index in [2.05, 4.69) is 0 Å². The van der Waals surface area contributed by atoms with Gasteiger partial charge in [-0.15, -0.1) is 0 Å². The highest BCUT2D eigenvalue weighted by Crippen LogP contribution is 2.22. The average molecular weight is 254 g/mol. The van der Waals surface area contributed by atoms with Crippen LogP contribution >= 0.6 is 0 Å². The first-order chi connectivity index (χ1) is 7.53. The van der Waals surface area contributed by atoms with Gasteiger partial charge in [0, 0.05) is 0 Å². The first kappa shape index (κ1) is 16.7. The Balaban J connectivity index is 4.84. The molecule has 0 aliphatic carbocycles. The van der Waals surface area contributed by atoms with Gasteiger partial charge in [0.05, 0.1) is 12.2 Å². The van der Waals surface area contributed by atoms with Crippen LogP contribution in [0.15, 0.2) is 0 Å². The molecule has 104 valence electrons. The van der Waals surface area contributed by atoms with Crippen molar-refractivity contribution in [2.45, 2.75) is 63.0 Å². The summed E-state index contributed by atoms with van der Waals surface area (Å²) in [4.78, 5) is 0.